The Labute approximate surface area is 126 Å². The van der Waals surface area contributed by atoms with Crippen LogP contribution in [0.3, 0.4) is 0 Å². The zero-order chi connectivity index (χ0) is 14.6. The minimum atomic E-state index is -3.65. The van der Waals surface area contributed by atoms with Crippen LogP contribution in [-0.2, 0) is 14.8 Å². The van der Waals surface area contributed by atoms with E-state index in [0.29, 0.717) is 10.8 Å². The Morgan fingerprint density at radius 1 is 1.48 bits per heavy atom. The van der Waals surface area contributed by atoms with E-state index in [0.717, 1.165) is 19.3 Å². The Balaban J connectivity index is 1.71. The molecule has 0 amide bonds. The van der Waals surface area contributed by atoms with Crippen LogP contribution in [0.15, 0.2) is 16.6 Å². The summed E-state index contributed by atoms with van der Waals surface area (Å²) >= 11 is 1.40. The number of rotatable bonds is 4. The van der Waals surface area contributed by atoms with Gasteiger partial charge in [-0.25, -0.2) is 18.1 Å². The van der Waals surface area contributed by atoms with Crippen molar-refractivity contribution in [3.05, 3.63) is 11.6 Å². The lowest BCUT2D eigenvalue weighted by atomic mass is 9.96. The molecule has 2 N–H and O–H groups in total. The molecule has 2 saturated heterocycles. The molecule has 21 heavy (non-hydrogen) atoms. The van der Waals surface area contributed by atoms with Gasteiger partial charge in [0.2, 0.25) is 0 Å². The number of anilines is 1. The smallest absolute Gasteiger partial charge is 0.260 e. The molecular formula is C12H16N4O3S2. The van der Waals surface area contributed by atoms with Gasteiger partial charge >= 0.3 is 0 Å². The lowest BCUT2D eigenvalue weighted by molar-refractivity contribution is 0.0996. The molecule has 3 unspecified atom stereocenters. The number of sulfonamides is 1. The van der Waals surface area contributed by atoms with Crippen LogP contribution in [0.1, 0.15) is 19.3 Å². The van der Waals surface area contributed by atoms with Crippen LogP contribution in [0, 0.1) is 0 Å². The number of hydrogen-bond acceptors (Lipinski definition) is 6. The van der Waals surface area contributed by atoms with Crippen molar-refractivity contribution in [2.45, 2.75) is 42.5 Å². The maximum atomic E-state index is 12.8. The minimum Gasteiger partial charge on any atom is -0.373 e. The van der Waals surface area contributed by atoms with E-state index in [2.05, 4.69) is 15.0 Å². The Morgan fingerprint density at radius 3 is 3.00 bits per heavy atom. The molecule has 0 aromatic carbocycles. The number of nitrogens with zero attached hydrogens (tertiary/aromatic N) is 2. The highest BCUT2D eigenvalue weighted by atomic mass is 32.2. The molecular weight excluding hydrogens is 312 g/mol. The second-order valence-electron chi connectivity index (χ2n) is 5.41. The van der Waals surface area contributed by atoms with Crippen LogP contribution in [0.2, 0.25) is 0 Å². The predicted octanol–water partition coefficient (Wildman–Crippen LogP) is 1.04. The standard InChI is InChI=1S/C12H16N4O3S2/c1-13-10-11(16-4-5-20-12(16)14-10)21(17,18)15-8-6-7-2-3-9(8)19-7/h4-5,7-9,13,15H,2-3,6H2,1H3. The van der Waals surface area contributed by atoms with E-state index >= 15 is 0 Å². The fraction of sp³-hybridized carbons (Fsp3) is 0.583. The summed E-state index contributed by atoms with van der Waals surface area (Å²) in [5.41, 5.74) is 0. The number of aromatic nitrogens is 2. The third-order valence-electron chi connectivity index (χ3n) is 4.12. The van der Waals surface area contributed by atoms with Crippen LogP contribution in [0.25, 0.3) is 4.96 Å². The van der Waals surface area contributed by atoms with E-state index in [1.807, 2.05) is 5.38 Å². The van der Waals surface area contributed by atoms with Gasteiger partial charge < -0.3 is 10.1 Å². The molecule has 3 atom stereocenters. The monoisotopic (exact) mass is 328 g/mol. The molecule has 114 valence electrons. The third kappa shape index (κ3) is 2.07. The lowest BCUT2D eigenvalue weighted by Crippen LogP contribution is -2.41. The summed E-state index contributed by atoms with van der Waals surface area (Å²) in [5.74, 6) is 0.374. The largest absolute Gasteiger partial charge is 0.373 e. The molecule has 2 aromatic rings. The summed E-state index contributed by atoms with van der Waals surface area (Å²) < 4.78 is 35.6. The molecule has 0 saturated carbocycles. The van der Waals surface area contributed by atoms with Gasteiger partial charge in [-0.2, -0.15) is 0 Å². The van der Waals surface area contributed by atoms with E-state index < -0.39 is 10.0 Å². The molecule has 0 aliphatic carbocycles. The minimum absolute atomic E-state index is 0.00805. The summed E-state index contributed by atoms with van der Waals surface area (Å²) in [6, 6.07) is -0.136. The van der Waals surface area contributed by atoms with Crippen LogP contribution in [0.5, 0.6) is 0 Å². The first-order valence-corrected chi connectivity index (χ1v) is 9.26. The number of hydrogen-bond donors (Lipinski definition) is 2. The molecule has 0 spiro atoms. The van der Waals surface area contributed by atoms with Gasteiger partial charge in [-0.1, -0.05) is 0 Å². The number of nitrogens with one attached hydrogen (secondary N) is 2. The molecule has 7 nitrogen and oxygen atoms in total. The molecule has 2 bridgehead atoms. The maximum Gasteiger partial charge on any atom is 0.260 e. The molecule has 9 heteroatoms. The number of fused-ring (bicyclic) bond motifs is 3. The summed E-state index contributed by atoms with van der Waals surface area (Å²) in [6.07, 6.45) is 4.65. The lowest BCUT2D eigenvalue weighted by Gasteiger charge is -2.19. The number of ether oxygens (including phenoxy) is 1. The van der Waals surface area contributed by atoms with Gasteiger partial charge in [0, 0.05) is 18.6 Å². The van der Waals surface area contributed by atoms with Gasteiger partial charge in [-0.3, -0.25) is 4.40 Å². The van der Waals surface area contributed by atoms with Gasteiger partial charge in [-0.05, 0) is 19.3 Å². The van der Waals surface area contributed by atoms with Crippen molar-refractivity contribution in [3.63, 3.8) is 0 Å². The number of imidazole rings is 1. The van der Waals surface area contributed by atoms with Crippen molar-refractivity contribution in [1.82, 2.24) is 14.1 Å². The van der Waals surface area contributed by atoms with Gasteiger partial charge in [0.25, 0.3) is 10.0 Å². The summed E-state index contributed by atoms with van der Waals surface area (Å²) in [7, 11) is -1.97. The van der Waals surface area contributed by atoms with Crippen molar-refractivity contribution in [2.75, 3.05) is 12.4 Å². The molecule has 0 radical (unpaired) electrons. The second-order valence-corrected chi connectivity index (χ2v) is 7.91. The van der Waals surface area contributed by atoms with Crippen molar-refractivity contribution in [2.24, 2.45) is 0 Å². The van der Waals surface area contributed by atoms with E-state index in [1.54, 1.807) is 17.6 Å². The fourth-order valence-corrected chi connectivity index (χ4v) is 5.54. The zero-order valence-corrected chi connectivity index (χ0v) is 13.1. The first kappa shape index (κ1) is 13.5. The highest BCUT2D eigenvalue weighted by molar-refractivity contribution is 7.89. The Bertz CT molecular complexity index is 782. The second kappa shape index (κ2) is 4.67. The van der Waals surface area contributed by atoms with Crippen LogP contribution in [0.4, 0.5) is 5.82 Å². The van der Waals surface area contributed by atoms with Crippen LogP contribution < -0.4 is 10.0 Å². The normalized spacial score (nSPS) is 28.5. The molecule has 2 aromatic heterocycles. The summed E-state index contributed by atoms with van der Waals surface area (Å²) in [6.45, 7) is 0. The van der Waals surface area contributed by atoms with E-state index in [-0.39, 0.29) is 23.3 Å². The van der Waals surface area contributed by atoms with Crippen LogP contribution >= 0.6 is 11.3 Å². The van der Waals surface area contributed by atoms with Crippen molar-refractivity contribution in [3.8, 4) is 0 Å². The average Bonchev–Trinajstić information content (AvgIpc) is 3.16. The highest BCUT2D eigenvalue weighted by Crippen LogP contribution is 2.35. The topological polar surface area (TPSA) is 84.7 Å². The van der Waals surface area contributed by atoms with Crippen molar-refractivity contribution >= 4 is 32.1 Å². The SMILES string of the molecule is CNc1nc2sccn2c1S(=O)(=O)NC1CC2CCC1O2. The summed E-state index contributed by atoms with van der Waals surface area (Å²) in [5, 5.41) is 4.85. The first-order valence-electron chi connectivity index (χ1n) is 6.89. The van der Waals surface area contributed by atoms with Crippen LogP contribution in [-0.4, -0.2) is 43.1 Å². The van der Waals surface area contributed by atoms with Gasteiger partial charge in [-0.15, -0.1) is 11.3 Å². The average molecular weight is 328 g/mol. The fourth-order valence-electron chi connectivity index (χ4n) is 3.20. The molecule has 2 fully saturated rings. The first-order chi connectivity index (χ1) is 10.1. The van der Waals surface area contributed by atoms with E-state index in [4.69, 9.17) is 4.74 Å². The number of thiazole rings is 1. The quantitative estimate of drug-likeness (QED) is 0.876. The molecule has 4 rings (SSSR count). The van der Waals surface area contributed by atoms with Crippen molar-refractivity contribution < 1.29 is 13.2 Å². The zero-order valence-electron chi connectivity index (χ0n) is 11.4. The molecule has 4 heterocycles. The van der Waals surface area contributed by atoms with Gasteiger partial charge in [0.1, 0.15) is 0 Å². The summed E-state index contributed by atoms with van der Waals surface area (Å²) in [4.78, 5) is 4.96. The van der Waals surface area contributed by atoms with Gasteiger partial charge in [0.05, 0.1) is 18.2 Å². The Kier molecular flexibility index (Phi) is 3.00. The van der Waals surface area contributed by atoms with Gasteiger partial charge in [0.15, 0.2) is 15.8 Å². The molecule has 2 aliphatic rings. The third-order valence-corrected chi connectivity index (χ3v) is 6.39. The Hall–Kier alpha value is -1.16. The maximum absolute atomic E-state index is 12.8. The van der Waals surface area contributed by atoms with E-state index in [9.17, 15) is 8.42 Å². The van der Waals surface area contributed by atoms with Crippen molar-refractivity contribution in [1.29, 1.82) is 0 Å². The molecule has 2 aliphatic heterocycles. The Morgan fingerprint density at radius 2 is 2.33 bits per heavy atom. The predicted molar refractivity (Wildman–Crippen MR) is 79.2 cm³/mol. The van der Waals surface area contributed by atoms with E-state index in [1.165, 1.54) is 11.3 Å². The highest BCUT2D eigenvalue weighted by Gasteiger charge is 2.43.